The van der Waals surface area contributed by atoms with Crippen LogP contribution in [0.15, 0.2) is 24.3 Å². The zero-order chi connectivity index (χ0) is 23.4. The molecule has 0 bridgehead atoms. The Balaban J connectivity index is 1.44. The van der Waals surface area contributed by atoms with Crippen LogP contribution in [-0.4, -0.2) is 75.9 Å². The van der Waals surface area contributed by atoms with Crippen LogP contribution >= 0.6 is 12.2 Å². The van der Waals surface area contributed by atoms with E-state index in [1.807, 2.05) is 23.3 Å². The lowest BCUT2D eigenvalue weighted by molar-refractivity contribution is 0.116. The van der Waals surface area contributed by atoms with Gasteiger partial charge in [0.25, 0.3) is 0 Å². The summed E-state index contributed by atoms with van der Waals surface area (Å²) in [6.45, 7) is 8.82. The molecule has 2 aliphatic heterocycles. The van der Waals surface area contributed by atoms with Crippen molar-refractivity contribution < 1.29 is 4.39 Å². The lowest BCUT2D eigenvalue weighted by Gasteiger charge is -2.34. The minimum absolute atomic E-state index is 0.0809. The highest BCUT2D eigenvalue weighted by molar-refractivity contribution is 7.71. The normalized spacial score (nSPS) is 20.3. The van der Waals surface area contributed by atoms with E-state index in [2.05, 4.69) is 21.6 Å². The third-order valence-corrected chi connectivity index (χ3v) is 7.75. The van der Waals surface area contributed by atoms with Crippen molar-refractivity contribution in [3.05, 3.63) is 40.7 Å². The van der Waals surface area contributed by atoms with Crippen LogP contribution in [0.25, 0.3) is 5.69 Å². The fourth-order valence-electron chi connectivity index (χ4n) is 5.03. The molecule has 4 rings (SSSR count). The summed E-state index contributed by atoms with van der Waals surface area (Å²) in [6.07, 6.45) is 8.00. The Bertz CT molecular complexity index is 937. The van der Waals surface area contributed by atoms with E-state index in [9.17, 15) is 4.39 Å². The van der Waals surface area contributed by atoms with Crippen LogP contribution in [0.4, 0.5) is 4.39 Å². The Morgan fingerprint density at radius 3 is 2.24 bits per heavy atom. The molecule has 8 heteroatoms. The first kappa shape index (κ1) is 24.5. The summed E-state index contributed by atoms with van der Waals surface area (Å²) in [5.41, 5.74) is 0.854. The van der Waals surface area contributed by atoms with Crippen LogP contribution in [0.1, 0.15) is 57.3 Å². The third-order valence-electron chi connectivity index (χ3n) is 7.35. The predicted molar refractivity (Wildman–Crippen MR) is 134 cm³/mol. The molecule has 3 heterocycles. The Morgan fingerprint density at radius 1 is 1.00 bits per heavy atom. The number of piperidine rings is 1. The van der Waals surface area contributed by atoms with Gasteiger partial charge in [-0.2, -0.15) is 5.10 Å². The van der Waals surface area contributed by atoms with E-state index in [4.69, 9.17) is 17.3 Å². The van der Waals surface area contributed by atoms with Crippen LogP contribution < -0.4 is 0 Å². The third kappa shape index (κ3) is 6.10. The largest absolute Gasteiger partial charge is 0.303 e. The lowest BCUT2D eigenvalue weighted by atomic mass is 9.96. The second-order valence-corrected chi connectivity index (χ2v) is 10.4. The second kappa shape index (κ2) is 11.2. The average molecular weight is 475 g/mol. The van der Waals surface area contributed by atoms with Crippen molar-refractivity contribution in [2.75, 3.05) is 46.8 Å². The van der Waals surface area contributed by atoms with E-state index >= 15 is 0 Å². The molecule has 182 valence electrons. The van der Waals surface area contributed by atoms with E-state index < -0.39 is 0 Å². The van der Waals surface area contributed by atoms with Gasteiger partial charge in [0.2, 0.25) is 4.77 Å². The van der Waals surface area contributed by atoms with Crippen LogP contribution in [0.5, 0.6) is 0 Å². The van der Waals surface area contributed by atoms with Gasteiger partial charge in [0.1, 0.15) is 5.82 Å². The molecule has 0 spiro atoms. The fourth-order valence-corrected chi connectivity index (χ4v) is 5.33. The van der Waals surface area contributed by atoms with Crippen LogP contribution in [-0.2, 0) is 6.67 Å². The first-order chi connectivity index (χ1) is 15.9. The van der Waals surface area contributed by atoms with Crippen molar-refractivity contribution in [3.8, 4) is 5.69 Å². The van der Waals surface area contributed by atoms with Gasteiger partial charge >= 0.3 is 0 Å². The van der Waals surface area contributed by atoms with Gasteiger partial charge in [0.05, 0.1) is 12.7 Å². The minimum atomic E-state index is -0.247. The molecule has 0 saturated carbocycles. The molecule has 0 radical (unpaired) electrons. The van der Waals surface area contributed by atoms with Crippen molar-refractivity contribution in [2.24, 2.45) is 5.92 Å². The van der Waals surface area contributed by atoms with Crippen LogP contribution in [0, 0.1) is 16.5 Å². The van der Waals surface area contributed by atoms with Crippen molar-refractivity contribution >= 4 is 12.2 Å². The molecule has 1 aromatic heterocycles. The van der Waals surface area contributed by atoms with Gasteiger partial charge in [-0.25, -0.2) is 9.07 Å². The quantitative estimate of drug-likeness (QED) is 0.543. The number of rotatable bonds is 7. The van der Waals surface area contributed by atoms with E-state index in [-0.39, 0.29) is 11.9 Å². The van der Waals surface area contributed by atoms with Gasteiger partial charge in [-0.3, -0.25) is 14.4 Å². The number of hydrogen-bond acceptors (Lipinski definition) is 5. The monoisotopic (exact) mass is 474 g/mol. The van der Waals surface area contributed by atoms with Crippen molar-refractivity contribution in [1.82, 2.24) is 29.0 Å². The fraction of sp³-hybridized carbons (Fsp3) is 0.680. The predicted octanol–water partition coefficient (Wildman–Crippen LogP) is 4.71. The number of benzene rings is 1. The summed E-state index contributed by atoms with van der Waals surface area (Å²) < 4.78 is 18.1. The molecule has 1 aromatic carbocycles. The maximum atomic E-state index is 13.5. The molecule has 0 aliphatic carbocycles. The first-order valence-electron chi connectivity index (χ1n) is 12.5. The average Bonchev–Trinajstić information content (AvgIpc) is 2.96. The van der Waals surface area contributed by atoms with Crippen LogP contribution in [0.2, 0.25) is 0 Å². The van der Waals surface area contributed by atoms with Crippen molar-refractivity contribution in [1.29, 1.82) is 0 Å². The molecule has 0 amide bonds. The van der Waals surface area contributed by atoms with Gasteiger partial charge in [-0.15, -0.1) is 0 Å². The van der Waals surface area contributed by atoms with Crippen molar-refractivity contribution in [3.63, 3.8) is 0 Å². The molecule has 1 atom stereocenters. The number of hydrogen-bond donors (Lipinski definition) is 0. The molecule has 33 heavy (non-hydrogen) atoms. The Hall–Kier alpha value is -1.61. The Labute approximate surface area is 203 Å². The summed E-state index contributed by atoms with van der Waals surface area (Å²) in [5, 5.41) is 4.94. The first-order valence-corrected chi connectivity index (χ1v) is 12.9. The number of nitrogens with zero attached hydrogens (tertiary/aromatic N) is 6. The summed E-state index contributed by atoms with van der Waals surface area (Å²) in [7, 11) is 4.08. The summed E-state index contributed by atoms with van der Waals surface area (Å²) >= 11 is 5.86. The van der Waals surface area contributed by atoms with Crippen LogP contribution in [0.3, 0.4) is 0 Å². The maximum Gasteiger partial charge on any atom is 0.203 e. The molecule has 2 aliphatic rings. The minimum Gasteiger partial charge on any atom is -0.303 e. The highest BCUT2D eigenvalue weighted by Gasteiger charge is 2.24. The standard InChI is InChI=1S/C25H39FN6S/c1-20(28(2)3)24-27-31(25(33)32(24)23-10-8-22(26)9-11-23)19-30-16-12-21(13-17-30)18-29-14-6-4-5-7-15-29/h8-11,20-21H,4-7,12-19H2,1-3H3. The molecule has 0 N–H and O–H groups in total. The molecule has 2 aromatic rings. The SMILES string of the molecule is CC(c1nn(CN2CCC(CN3CCCCCC3)CC2)c(=S)n1-c1ccc(F)cc1)N(C)C. The Kier molecular flexibility index (Phi) is 8.33. The van der Waals surface area contributed by atoms with Gasteiger partial charge in [0.15, 0.2) is 5.82 Å². The number of halogens is 1. The summed E-state index contributed by atoms with van der Waals surface area (Å²) in [4.78, 5) is 7.29. The zero-order valence-corrected chi connectivity index (χ0v) is 21.2. The van der Waals surface area contributed by atoms with E-state index in [1.54, 1.807) is 12.1 Å². The van der Waals surface area contributed by atoms with E-state index in [0.717, 1.165) is 30.5 Å². The molecular weight excluding hydrogens is 435 g/mol. The lowest BCUT2D eigenvalue weighted by Crippen LogP contribution is -2.40. The second-order valence-electron chi connectivity index (χ2n) is 10.0. The Morgan fingerprint density at radius 2 is 1.64 bits per heavy atom. The molecule has 2 saturated heterocycles. The van der Waals surface area contributed by atoms with Gasteiger partial charge in [-0.05, 0) is 102 Å². The van der Waals surface area contributed by atoms with E-state index in [1.165, 1.54) is 70.3 Å². The smallest absolute Gasteiger partial charge is 0.203 e. The van der Waals surface area contributed by atoms with Gasteiger partial charge in [-0.1, -0.05) is 12.8 Å². The maximum absolute atomic E-state index is 13.5. The number of aromatic nitrogens is 3. The highest BCUT2D eigenvalue weighted by atomic mass is 32.1. The molecular formula is C25H39FN6S. The van der Waals surface area contributed by atoms with E-state index in [0.29, 0.717) is 11.4 Å². The summed E-state index contributed by atoms with van der Waals surface area (Å²) in [5.74, 6) is 1.43. The number of likely N-dealkylation sites (tertiary alicyclic amines) is 2. The molecule has 6 nitrogen and oxygen atoms in total. The zero-order valence-electron chi connectivity index (χ0n) is 20.4. The van der Waals surface area contributed by atoms with Gasteiger partial charge in [0, 0.05) is 25.3 Å². The van der Waals surface area contributed by atoms with Gasteiger partial charge < -0.3 is 4.90 Å². The topological polar surface area (TPSA) is 32.5 Å². The highest BCUT2D eigenvalue weighted by Crippen LogP contribution is 2.24. The summed E-state index contributed by atoms with van der Waals surface area (Å²) in [6, 6.07) is 6.59. The molecule has 2 fully saturated rings. The molecule has 1 unspecified atom stereocenters. The van der Waals surface area contributed by atoms with Crippen molar-refractivity contribution in [2.45, 2.75) is 58.2 Å².